The summed E-state index contributed by atoms with van der Waals surface area (Å²) < 4.78 is 8.56. The topological polar surface area (TPSA) is 79.2 Å². The van der Waals surface area contributed by atoms with Gasteiger partial charge in [-0.25, -0.2) is 5.43 Å². The molecule has 2 heterocycles. The van der Waals surface area contributed by atoms with Gasteiger partial charge in [0.25, 0.3) is 0 Å². The van der Waals surface area contributed by atoms with Crippen LogP contribution in [0.15, 0.2) is 64.2 Å². The average Bonchev–Trinajstić information content (AvgIpc) is 3.16. The Kier molecular flexibility index (Phi) is 7.55. The van der Waals surface area contributed by atoms with Crippen LogP contribution in [0.1, 0.15) is 17.0 Å². The van der Waals surface area contributed by atoms with E-state index in [0.29, 0.717) is 26.2 Å². The molecule has 182 valence electrons. The van der Waals surface area contributed by atoms with Crippen LogP contribution in [-0.4, -0.2) is 60.8 Å². The number of hydrogen-bond acceptors (Lipinski definition) is 5. The smallest absolute Gasteiger partial charge is 0.329 e. The number of piperazine rings is 1. The first-order valence-electron chi connectivity index (χ1n) is 11.3. The molecule has 3 aromatic rings. The highest BCUT2D eigenvalue weighted by molar-refractivity contribution is 9.10. The fourth-order valence-corrected chi connectivity index (χ4v) is 4.56. The zero-order valence-corrected chi connectivity index (χ0v) is 21.6. The molecule has 0 atom stereocenters. The molecule has 2 aromatic carbocycles. The number of nitrogens with one attached hydrogen (secondary N) is 1. The van der Waals surface area contributed by atoms with Gasteiger partial charge in [0.2, 0.25) is 0 Å². The Morgan fingerprint density at radius 3 is 2.40 bits per heavy atom. The second-order valence-corrected chi connectivity index (χ2v) is 9.20. The summed E-state index contributed by atoms with van der Waals surface area (Å²) in [5.74, 6) is -0.533. The molecule has 0 bridgehead atoms. The zero-order valence-electron chi connectivity index (χ0n) is 20.0. The maximum Gasteiger partial charge on any atom is 0.329 e. The van der Waals surface area contributed by atoms with E-state index in [0.717, 1.165) is 38.5 Å². The summed E-state index contributed by atoms with van der Waals surface area (Å²) in [5.41, 5.74) is 7.30. The number of ether oxygens (including phenoxy) is 1. The fourth-order valence-electron chi connectivity index (χ4n) is 4.30. The predicted molar refractivity (Wildman–Crippen MR) is 140 cm³/mol. The number of halogens is 1. The number of carbonyl (C=O) groups excluding carboxylic acids is 2. The third-order valence-corrected chi connectivity index (χ3v) is 6.64. The summed E-state index contributed by atoms with van der Waals surface area (Å²) in [4.78, 5) is 28.8. The maximum absolute atomic E-state index is 12.6. The van der Waals surface area contributed by atoms with Crippen LogP contribution in [0.5, 0.6) is 5.75 Å². The van der Waals surface area contributed by atoms with Gasteiger partial charge < -0.3 is 19.1 Å². The summed E-state index contributed by atoms with van der Waals surface area (Å²) in [6.45, 7) is 6.13. The van der Waals surface area contributed by atoms with Gasteiger partial charge in [-0.1, -0.05) is 28.1 Å². The van der Waals surface area contributed by atoms with Gasteiger partial charge in [-0.05, 0) is 56.3 Å². The first-order chi connectivity index (χ1) is 16.9. The summed E-state index contributed by atoms with van der Waals surface area (Å²) >= 11 is 3.46. The monoisotopic (exact) mass is 537 g/mol. The standard InChI is InChI=1S/C26H28BrN5O3/c1-18-16-20(19(2)32(18)22-10-8-21(27)9-11-22)17-28-29-25(33)26(34)31-14-12-30(13-15-31)23-6-4-5-7-24(23)35-3/h4-11,16-17H,12-15H2,1-3H3,(H,29,33)/b28-17-. The molecule has 1 N–H and O–H groups in total. The molecule has 0 aliphatic carbocycles. The first kappa shape index (κ1) is 24.5. The van der Waals surface area contributed by atoms with Crippen molar-refractivity contribution in [3.05, 3.63) is 76.0 Å². The zero-order chi connectivity index (χ0) is 24.9. The highest BCUT2D eigenvalue weighted by Crippen LogP contribution is 2.28. The number of aryl methyl sites for hydroxylation is 1. The van der Waals surface area contributed by atoms with E-state index >= 15 is 0 Å². The molecule has 2 amide bonds. The van der Waals surface area contributed by atoms with E-state index in [2.05, 4.69) is 35.9 Å². The van der Waals surface area contributed by atoms with E-state index in [9.17, 15) is 9.59 Å². The Morgan fingerprint density at radius 1 is 1.03 bits per heavy atom. The Balaban J connectivity index is 1.34. The largest absolute Gasteiger partial charge is 0.495 e. The van der Waals surface area contributed by atoms with Crippen LogP contribution in [0.25, 0.3) is 5.69 Å². The lowest BCUT2D eigenvalue weighted by Crippen LogP contribution is -2.52. The van der Waals surface area contributed by atoms with Crippen LogP contribution in [0, 0.1) is 13.8 Å². The van der Waals surface area contributed by atoms with Crippen LogP contribution in [0.4, 0.5) is 5.69 Å². The molecule has 1 aliphatic rings. The van der Waals surface area contributed by atoms with Crippen molar-refractivity contribution in [3.63, 3.8) is 0 Å². The van der Waals surface area contributed by atoms with Crippen LogP contribution < -0.4 is 15.1 Å². The number of benzene rings is 2. The SMILES string of the molecule is COc1ccccc1N1CCN(C(=O)C(=O)N/N=C\c2cc(C)n(-c3ccc(Br)cc3)c2C)CC1. The fraction of sp³-hybridized carbons (Fsp3) is 0.269. The number of amides is 2. The molecule has 0 unspecified atom stereocenters. The number of nitrogens with zero attached hydrogens (tertiary/aromatic N) is 4. The van der Waals surface area contributed by atoms with Crippen molar-refractivity contribution in [3.8, 4) is 11.4 Å². The van der Waals surface area contributed by atoms with Crippen LogP contribution in [-0.2, 0) is 9.59 Å². The molecular weight excluding hydrogens is 510 g/mol. The highest BCUT2D eigenvalue weighted by atomic mass is 79.9. The van der Waals surface area contributed by atoms with Crippen molar-refractivity contribution in [2.75, 3.05) is 38.2 Å². The van der Waals surface area contributed by atoms with Crippen molar-refractivity contribution in [1.29, 1.82) is 0 Å². The minimum absolute atomic E-state index is 0.447. The van der Waals surface area contributed by atoms with Crippen molar-refractivity contribution in [1.82, 2.24) is 14.9 Å². The van der Waals surface area contributed by atoms with Gasteiger partial charge in [0.15, 0.2) is 0 Å². The summed E-state index contributed by atoms with van der Waals surface area (Å²) in [7, 11) is 1.64. The lowest BCUT2D eigenvalue weighted by Gasteiger charge is -2.36. The van der Waals surface area contributed by atoms with Gasteiger partial charge in [-0.3, -0.25) is 9.59 Å². The van der Waals surface area contributed by atoms with Crippen LogP contribution in [0.2, 0.25) is 0 Å². The number of hydrazone groups is 1. The van der Waals surface area contributed by atoms with Crippen LogP contribution in [0.3, 0.4) is 0 Å². The van der Waals surface area contributed by atoms with E-state index in [1.807, 2.05) is 68.4 Å². The first-order valence-corrected chi connectivity index (χ1v) is 12.1. The molecule has 1 aromatic heterocycles. The molecule has 9 heteroatoms. The number of rotatable bonds is 5. The van der Waals surface area contributed by atoms with Crippen molar-refractivity contribution in [2.45, 2.75) is 13.8 Å². The molecule has 8 nitrogen and oxygen atoms in total. The molecule has 0 spiro atoms. The number of hydrogen-bond donors (Lipinski definition) is 1. The normalized spacial score (nSPS) is 13.8. The average molecular weight is 538 g/mol. The molecule has 1 fully saturated rings. The van der Waals surface area contributed by atoms with E-state index in [1.54, 1.807) is 18.2 Å². The maximum atomic E-state index is 12.6. The summed E-state index contributed by atoms with van der Waals surface area (Å²) in [6.07, 6.45) is 1.57. The second-order valence-electron chi connectivity index (χ2n) is 8.29. The highest BCUT2D eigenvalue weighted by Gasteiger charge is 2.27. The Labute approximate surface area is 213 Å². The molecule has 1 aliphatic heterocycles. The molecule has 4 rings (SSSR count). The van der Waals surface area contributed by atoms with Gasteiger partial charge in [0.1, 0.15) is 5.75 Å². The summed E-state index contributed by atoms with van der Waals surface area (Å²) in [5, 5.41) is 4.05. The second kappa shape index (κ2) is 10.8. The van der Waals surface area contributed by atoms with Crippen molar-refractivity contribution >= 4 is 39.6 Å². The van der Waals surface area contributed by atoms with Gasteiger partial charge in [0.05, 0.1) is 19.0 Å². The van der Waals surface area contributed by atoms with E-state index in [1.165, 1.54) is 0 Å². The predicted octanol–water partition coefficient (Wildman–Crippen LogP) is 3.66. The lowest BCUT2D eigenvalue weighted by atomic mass is 10.2. The van der Waals surface area contributed by atoms with Gasteiger partial charge in [0, 0.05) is 53.3 Å². The lowest BCUT2D eigenvalue weighted by molar-refractivity contribution is -0.146. The van der Waals surface area contributed by atoms with Crippen molar-refractivity contribution < 1.29 is 14.3 Å². The Bertz CT molecular complexity index is 1240. The van der Waals surface area contributed by atoms with E-state index in [-0.39, 0.29) is 0 Å². The summed E-state index contributed by atoms with van der Waals surface area (Å²) in [6, 6.07) is 17.8. The third kappa shape index (κ3) is 5.40. The Hall–Kier alpha value is -3.59. The minimum Gasteiger partial charge on any atom is -0.495 e. The third-order valence-electron chi connectivity index (χ3n) is 6.11. The van der Waals surface area contributed by atoms with Gasteiger partial charge >= 0.3 is 11.8 Å². The molecule has 0 radical (unpaired) electrons. The molecule has 35 heavy (non-hydrogen) atoms. The number of para-hydroxylation sites is 2. The minimum atomic E-state index is -0.742. The van der Waals surface area contributed by atoms with Gasteiger partial charge in [-0.2, -0.15) is 5.10 Å². The molecule has 0 saturated carbocycles. The molecule has 1 saturated heterocycles. The quantitative estimate of drug-likeness (QED) is 0.306. The Morgan fingerprint density at radius 2 is 1.71 bits per heavy atom. The number of carbonyl (C=O) groups is 2. The van der Waals surface area contributed by atoms with Gasteiger partial charge in [-0.15, -0.1) is 0 Å². The molecular formula is C26H28BrN5O3. The van der Waals surface area contributed by atoms with E-state index in [4.69, 9.17) is 4.74 Å². The number of anilines is 1. The van der Waals surface area contributed by atoms with Crippen molar-refractivity contribution in [2.24, 2.45) is 5.10 Å². The van der Waals surface area contributed by atoms with E-state index < -0.39 is 11.8 Å². The van der Waals surface area contributed by atoms with Crippen LogP contribution >= 0.6 is 15.9 Å². The number of methoxy groups -OCH3 is 1. The number of aromatic nitrogens is 1.